The Morgan fingerprint density at radius 1 is 1.37 bits per heavy atom. The first kappa shape index (κ1) is 13.8. The molecule has 0 radical (unpaired) electrons. The molecular formula is C13H18N2O4. The van der Waals surface area contributed by atoms with Crippen LogP contribution in [0.4, 0.5) is 5.69 Å². The van der Waals surface area contributed by atoms with E-state index in [0.717, 1.165) is 30.0 Å². The van der Waals surface area contributed by atoms with Crippen molar-refractivity contribution in [3.8, 4) is 5.75 Å². The van der Waals surface area contributed by atoms with E-state index >= 15 is 0 Å². The van der Waals surface area contributed by atoms with E-state index in [1.165, 1.54) is 6.07 Å². The summed E-state index contributed by atoms with van der Waals surface area (Å²) in [6.45, 7) is 7.14. The number of rotatable bonds is 5. The summed E-state index contributed by atoms with van der Waals surface area (Å²) in [5.74, 6) is 0.740. The fourth-order valence-electron chi connectivity index (χ4n) is 2.19. The highest BCUT2D eigenvalue weighted by molar-refractivity contribution is 5.50. The zero-order chi connectivity index (χ0) is 13.8. The van der Waals surface area contributed by atoms with Gasteiger partial charge in [0.1, 0.15) is 5.75 Å². The van der Waals surface area contributed by atoms with E-state index < -0.39 is 0 Å². The monoisotopic (exact) mass is 266 g/mol. The second kappa shape index (κ2) is 5.99. The van der Waals surface area contributed by atoms with E-state index in [0.29, 0.717) is 13.2 Å². The first-order valence-electron chi connectivity index (χ1n) is 6.38. The largest absolute Gasteiger partial charge is 0.467 e. The van der Waals surface area contributed by atoms with Gasteiger partial charge in [-0.05, 0) is 13.1 Å². The summed E-state index contributed by atoms with van der Waals surface area (Å²) >= 11 is 0. The lowest BCUT2D eigenvalue weighted by molar-refractivity contribution is -0.385. The average Bonchev–Trinajstić information content (AvgIpc) is 2.44. The number of nitro groups is 1. The predicted octanol–water partition coefficient (Wildman–Crippen LogP) is 2.30. The molecule has 0 N–H and O–H groups in total. The third-order valence-corrected chi connectivity index (χ3v) is 3.27. The second-order valence-electron chi connectivity index (χ2n) is 4.42. The molecule has 19 heavy (non-hydrogen) atoms. The second-order valence-corrected chi connectivity index (χ2v) is 4.42. The van der Waals surface area contributed by atoms with E-state index in [2.05, 4.69) is 18.7 Å². The summed E-state index contributed by atoms with van der Waals surface area (Å²) in [6.07, 6.45) is 0. The highest BCUT2D eigenvalue weighted by atomic mass is 16.7. The Morgan fingerprint density at radius 3 is 2.74 bits per heavy atom. The molecule has 0 aromatic heterocycles. The van der Waals surface area contributed by atoms with Crippen molar-refractivity contribution in [3.05, 3.63) is 33.4 Å². The molecule has 0 atom stereocenters. The van der Waals surface area contributed by atoms with Gasteiger partial charge >= 0.3 is 0 Å². The lowest BCUT2D eigenvalue weighted by Crippen LogP contribution is -2.23. The number of ether oxygens (including phenoxy) is 2. The lowest BCUT2D eigenvalue weighted by Gasteiger charge is -2.24. The summed E-state index contributed by atoms with van der Waals surface area (Å²) in [5.41, 5.74) is 1.70. The molecule has 1 aromatic carbocycles. The van der Waals surface area contributed by atoms with Crippen molar-refractivity contribution in [1.29, 1.82) is 0 Å². The average molecular weight is 266 g/mol. The van der Waals surface area contributed by atoms with E-state index in [1.54, 1.807) is 6.07 Å². The lowest BCUT2D eigenvalue weighted by atomic mass is 10.1. The molecule has 6 nitrogen and oxygen atoms in total. The van der Waals surface area contributed by atoms with Gasteiger partial charge in [-0.3, -0.25) is 15.0 Å². The molecule has 1 aromatic rings. The number of fused-ring (bicyclic) bond motifs is 1. The molecule has 6 heteroatoms. The van der Waals surface area contributed by atoms with E-state index in [-0.39, 0.29) is 17.4 Å². The third-order valence-electron chi connectivity index (χ3n) is 3.27. The van der Waals surface area contributed by atoms with Gasteiger partial charge in [-0.2, -0.15) is 0 Å². The molecule has 0 unspecified atom stereocenters. The van der Waals surface area contributed by atoms with Crippen molar-refractivity contribution < 1.29 is 14.4 Å². The summed E-state index contributed by atoms with van der Waals surface area (Å²) in [5, 5.41) is 11.0. The van der Waals surface area contributed by atoms with Gasteiger partial charge in [0.05, 0.1) is 11.5 Å². The van der Waals surface area contributed by atoms with Crippen LogP contribution in [0.25, 0.3) is 0 Å². The van der Waals surface area contributed by atoms with Crippen LogP contribution in [0, 0.1) is 10.1 Å². The van der Waals surface area contributed by atoms with Crippen LogP contribution >= 0.6 is 0 Å². The van der Waals surface area contributed by atoms with Crippen LogP contribution in [0.15, 0.2) is 12.1 Å². The summed E-state index contributed by atoms with van der Waals surface area (Å²) in [4.78, 5) is 12.8. The van der Waals surface area contributed by atoms with Crippen LogP contribution in [0.3, 0.4) is 0 Å². The predicted molar refractivity (Wildman–Crippen MR) is 70.0 cm³/mol. The van der Waals surface area contributed by atoms with Crippen molar-refractivity contribution in [2.45, 2.75) is 27.0 Å². The van der Waals surface area contributed by atoms with Crippen molar-refractivity contribution in [1.82, 2.24) is 4.90 Å². The molecule has 104 valence electrons. The van der Waals surface area contributed by atoms with Gasteiger partial charge in [0.2, 0.25) is 0 Å². The smallest absolute Gasteiger partial charge is 0.270 e. The van der Waals surface area contributed by atoms with Crippen LogP contribution in [0.5, 0.6) is 5.75 Å². The van der Waals surface area contributed by atoms with Crippen LogP contribution in [0.1, 0.15) is 25.0 Å². The number of hydrogen-bond donors (Lipinski definition) is 0. The van der Waals surface area contributed by atoms with Gasteiger partial charge in [0.15, 0.2) is 6.79 Å². The first-order chi connectivity index (χ1) is 9.15. The Morgan fingerprint density at radius 2 is 2.11 bits per heavy atom. The Balaban J connectivity index is 2.38. The third kappa shape index (κ3) is 3.02. The molecule has 1 aliphatic rings. The number of nitro benzene ring substituents is 1. The maximum absolute atomic E-state index is 11.0. The molecule has 0 fully saturated rings. The van der Waals surface area contributed by atoms with Gasteiger partial charge in [0.25, 0.3) is 5.69 Å². The van der Waals surface area contributed by atoms with Crippen LogP contribution in [-0.4, -0.2) is 29.7 Å². The Hall–Kier alpha value is -1.66. The zero-order valence-corrected chi connectivity index (χ0v) is 11.2. The SMILES string of the molecule is CCN(CC)Cc1cc([N+](=O)[O-])cc2c1OCOC2. The number of benzene rings is 1. The van der Waals surface area contributed by atoms with Crippen molar-refractivity contribution in [2.24, 2.45) is 0 Å². The molecule has 2 rings (SSSR count). The Kier molecular flexibility index (Phi) is 4.34. The molecular weight excluding hydrogens is 248 g/mol. The molecule has 0 saturated heterocycles. The van der Waals surface area contributed by atoms with Gasteiger partial charge < -0.3 is 9.47 Å². The van der Waals surface area contributed by atoms with Crippen molar-refractivity contribution in [3.63, 3.8) is 0 Å². The highest BCUT2D eigenvalue weighted by Crippen LogP contribution is 2.33. The van der Waals surface area contributed by atoms with Gasteiger partial charge in [-0.1, -0.05) is 13.8 Å². The summed E-state index contributed by atoms with van der Waals surface area (Å²) in [7, 11) is 0. The Labute approximate surface area is 112 Å². The minimum atomic E-state index is -0.374. The summed E-state index contributed by atoms with van der Waals surface area (Å²) < 4.78 is 10.7. The molecule has 0 amide bonds. The van der Waals surface area contributed by atoms with Gasteiger partial charge in [-0.25, -0.2) is 0 Å². The molecule has 1 aliphatic heterocycles. The van der Waals surface area contributed by atoms with E-state index in [1.807, 2.05) is 0 Å². The minimum absolute atomic E-state index is 0.0926. The Bertz CT molecular complexity index is 472. The number of non-ortho nitro benzene ring substituents is 1. The molecule has 0 bridgehead atoms. The molecule has 0 spiro atoms. The van der Waals surface area contributed by atoms with Crippen molar-refractivity contribution >= 4 is 5.69 Å². The quantitative estimate of drug-likeness (QED) is 0.604. The maximum Gasteiger partial charge on any atom is 0.270 e. The first-order valence-corrected chi connectivity index (χ1v) is 6.38. The standard InChI is InChI=1S/C13H18N2O4/c1-3-14(4-2)7-10-5-12(15(16)17)6-11-8-18-9-19-13(10)11/h5-6H,3-4,7-9H2,1-2H3. The molecule has 0 aliphatic carbocycles. The fourth-order valence-corrected chi connectivity index (χ4v) is 2.19. The van der Waals surface area contributed by atoms with Crippen LogP contribution < -0.4 is 4.74 Å². The van der Waals surface area contributed by atoms with Crippen LogP contribution in [-0.2, 0) is 17.9 Å². The van der Waals surface area contributed by atoms with E-state index in [9.17, 15) is 10.1 Å². The summed E-state index contributed by atoms with van der Waals surface area (Å²) in [6, 6.07) is 3.13. The topological polar surface area (TPSA) is 64.8 Å². The molecule has 1 heterocycles. The normalized spacial score (nSPS) is 14.1. The van der Waals surface area contributed by atoms with Crippen LogP contribution in [0.2, 0.25) is 0 Å². The van der Waals surface area contributed by atoms with Gasteiger partial charge in [-0.15, -0.1) is 0 Å². The minimum Gasteiger partial charge on any atom is -0.467 e. The van der Waals surface area contributed by atoms with E-state index in [4.69, 9.17) is 9.47 Å². The fraction of sp³-hybridized carbons (Fsp3) is 0.538. The molecule has 0 saturated carbocycles. The number of hydrogen-bond acceptors (Lipinski definition) is 5. The highest BCUT2D eigenvalue weighted by Gasteiger charge is 2.21. The van der Waals surface area contributed by atoms with Crippen molar-refractivity contribution in [2.75, 3.05) is 19.9 Å². The zero-order valence-electron chi connectivity index (χ0n) is 11.2. The van der Waals surface area contributed by atoms with Gasteiger partial charge in [0, 0.05) is 29.8 Å². The maximum atomic E-state index is 11.0. The number of nitrogens with zero attached hydrogens (tertiary/aromatic N) is 2.